The fourth-order valence-electron chi connectivity index (χ4n) is 1.99. The van der Waals surface area contributed by atoms with Gasteiger partial charge in [-0.15, -0.1) is 0 Å². The van der Waals surface area contributed by atoms with Gasteiger partial charge in [-0.3, -0.25) is 0 Å². The average Bonchev–Trinajstić information content (AvgIpc) is 2.98. The Balaban J connectivity index is 1.96. The number of fused-ring (bicyclic) bond motifs is 1. The predicted octanol–water partition coefficient (Wildman–Crippen LogP) is 2.59. The highest BCUT2D eigenvalue weighted by atomic mass is 16.3. The lowest BCUT2D eigenvalue weighted by molar-refractivity contribution is 0.533. The maximum absolute atomic E-state index is 5.79. The molecule has 0 aliphatic heterocycles. The van der Waals surface area contributed by atoms with Gasteiger partial charge >= 0.3 is 0 Å². The van der Waals surface area contributed by atoms with E-state index < -0.39 is 0 Å². The number of hydrogen-bond donors (Lipinski definition) is 1. The van der Waals surface area contributed by atoms with Crippen molar-refractivity contribution in [2.45, 2.75) is 38.1 Å². The van der Waals surface area contributed by atoms with Crippen LogP contribution in [0.25, 0.3) is 11.1 Å². The molecule has 3 nitrogen and oxygen atoms in total. The van der Waals surface area contributed by atoms with Crippen molar-refractivity contribution in [3.8, 4) is 0 Å². The summed E-state index contributed by atoms with van der Waals surface area (Å²) < 4.78 is 5.71. The second kappa shape index (κ2) is 3.59. The quantitative estimate of drug-likeness (QED) is 0.858. The normalized spacial score (nSPS) is 17.9. The molecule has 1 aromatic carbocycles. The third-order valence-corrected chi connectivity index (χ3v) is 2.95. The zero-order valence-electron chi connectivity index (χ0n) is 9.44. The first-order chi connectivity index (χ1) is 7.72. The Kier molecular flexibility index (Phi) is 2.21. The molecule has 0 amide bonds. The molecule has 2 N–H and O–H groups in total. The molecule has 0 spiro atoms. The molecule has 0 saturated heterocycles. The minimum absolute atomic E-state index is 0.187. The summed E-state index contributed by atoms with van der Waals surface area (Å²) in [5.41, 5.74) is 8.89. The van der Waals surface area contributed by atoms with Crippen LogP contribution < -0.4 is 5.73 Å². The molecule has 2 aromatic rings. The molecule has 16 heavy (non-hydrogen) atoms. The molecule has 1 heterocycles. The first-order valence-corrected chi connectivity index (χ1v) is 5.87. The first kappa shape index (κ1) is 9.85. The lowest BCUT2D eigenvalue weighted by atomic mass is 10.1. The summed E-state index contributed by atoms with van der Waals surface area (Å²) in [7, 11) is 0. The van der Waals surface area contributed by atoms with Gasteiger partial charge in [0.25, 0.3) is 0 Å². The van der Waals surface area contributed by atoms with Crippen LogP contribution in [-0.4, -0.2) is 11.0 Å². The van der Waals surface area contributed by atoms with Crippen LogP contribution in [0.1, 0.15) is 37.1 Å². The van der Waals surface area contributed by atoms with Gasteiger partial charge in [0.1, 0.15) is 5.52 Å². The molecular weight excluding hydrogens is 200 g/mol. The van der Waals surface area contributed by atoms with Crippen molar-refractivity contribution in [3.63, 3.8) is 0 Å². The topological polar surface area (TPSA) is 52.0 Å². The summed E-state index contributed by atoms with van der Waals surface area (Å²) in [6.07, 6.45) is 3.33. The molecule has 1 aromatic heterocycles. The number of nitrogens with two attached hydrogens (primary N) is 1. The van der Waals surface area contributed by atoms with Crippen LogP contribution in [0.5, 0.6) is 0 Å². The first-order valence-electron chi connectivity index (χ1n) is 5.87. The molecule has 1 fully saturated rings. The Morgan fingerprint density at radius 1 is 1.50 bits per heavy atom. The van der Waals surface area contributed by atoms with Gasteiger partial charge in [0, 0.05) is 12.0 Å². The Morgan fingerprint density at radius 3 is 3.00 bits per heavy atom. The van der Waals surface area contributed by atoms with Gasteiger partial charge in [-0.25, -0.2) is 4.98 Å². The van der Waals surface area contributed by atoms with Gasteiger partial charge in [-0.1, -0.05) is 6.07 Å². The average molecular weight is 216 g/mol. The standard InChI is InChI=1S/C13H16N2O/c1-8(14)6-9-2-5-12-11(7-9)15-13(16-12)10-3-4-10/h2,5,7-8,10H,3-4,6,14H2,1H3. The van der Waals surface area contributed by atoms with E-state index >= 15 is 0 Å². The van der Waals surface area contributed by atoms with Gasteiger partial charge in [0.05, 0.1) is 0 Å². The number of aromatic nitrogens is 1. The summed E-state index contributed by atoms with van der Waals surface area (Å²) in [6.45, 7) is 2.02. The third-order valence-electron chi connectivity index (χ3n) is 2.95. The minimum atomic E-state index is 0.187. The SMILES string of the molecule is CC(N)Cc1ccc2oc(C3CC3)nc2c1. The Hall–Kier alpha value is -1.35. The number of nitrogens with zero attached hydrogens (tertiary/aromatic N) is 1. The van der Waals surface area contributed by atoms with E-state index in [2.05, 4.69) is 17.1 Å². The highest BCUT2D eigenvalue weighted by molar-refractivity contribution is 5.73. The molecule has 1 aliphatic carbocycles. The highest BCUT2D eigenvalue weighted by Crippen LogP contribution is 2.40. The number of oxazole rings is 1. The van der Waals surface area contributed by atoms with Gasteiger partial charge in [0.2, 0.25) is 0 Å². The molecule has 1 unspecified atom stereocenters. The van der Waals surface area contributed by atoms with Gasteiger partial charge in [0.15, 0.2) is 11.5 Å². The number of hydrogen-bond acceptors (Lipinski definition) is 3. The van der Waals surface area contributed by atoms with Crippen molar-refractivity contribution >= 4 is 11.1 Å². The lowest BCUT2D eigenvalue weighted by Crippen LogP contribution is -2.17. The molecule has 84 valence electrons. The Labute approximate surface area is 94.7 Å². The van der Waals surface area contributed by atoms with Gasteiger partial charge < -0.3 is 10.2 Å². The van der Waals surface area contributed by atoms with Crippen LogP contribution in [0.15, 0.2) is 22.6 Å². The highest BCUT2D eigenvalue weighted by Gasteiger charge is 2.28. The van der Waals surface area contributed by atoms with E-state index in [0.717, 1.165) is 23.4 Å². The molecule has 1 atom stereocenters. The van der Waals surface area contributed by atoms with Crippen molar-refractivity contribution in [3.05, 3.63) is 29.7 Å². The van der Waals surface area contributed by atoms with Crippen LogP contribution in [0.2, 0.25) is 0 Å². The van der Waals surface area contributed by atoms with Gasteiger partial charge in [-0.05, 0) is 43.9 Å². The van der Waals surface area contributed by atoms with Crippen LogP contribution in [0.3, 0.4) is 0 Å². The van der Waals surface area contributed by atoms with E-state index in [1.165, 1.54) is 18.4 Å². The summed E-state index contributed by atoms with van der Waals surface area (Å²) in [5.74, 6) is 1.48. The monoisotopic (exact) mass is 216 g/mol. The van der Waals surface area contributed by atoms with Crippen molar-refractivity contribution in [1.82, 2.24) is 4.98 Å². The third kappa shape index (κ3) is 1.83. The number of benzene rings is 1. The number of rotatable bonds is 3. The van der Waals surface area contributed by atoms with E-state index in [1.807, 2.05) is 13.0 Å². The van der Waals surface area contributed by atoms with Crippen molar-refractivity contribution in [2.75, 3.05) is 0 Å². The summed E-state index contributed by atoms with van der Waals surface area (Å²) in [4.78, 5) is 4.54. The predicted molar refractivity (Wildman–Crippen MR) is 63.3 cm³/mol. The fraction of sp³-hybridized carbons (Fsp3) is 0.462. The molecule has 0 bridgehead atoms. The van der Waals surface area contributed by atoms with E-state index in [9.17, 15) is 0 Å². The van der Waals surface area contributed by atoms with Crippen molar-refractivity contribution in [1.29, 1.82) is 0 Å². The largest absolute Gasteiger partial charge is 0.440 e. The van der Waals surface area contributed by atoms with Gasteiger partial charge in [-0.2, -0.15) is 0 Å². The fourth-order valence-corrected chi connectivity index (χ4v) is 1.99. The maximum Gasteiger partial charge on any atom is 0.198 e. The summed E-state index contributed by atoms with van der Waals surface area (Å²) in [6, 6.07) is 6.36. The molecule has 3 rings (SSSR count). The summed E-state index contributed by atoms with van der Waals surface area (Å²) >= 11 is 0. The summed E-state index contributed by atoms with van der Waals surface area (Å²) in [5, 5.41) is 0. The zero-order chi connectivity index (χ0) is 11.1. The maximum atomic E-state index is 5.79. The van der Waals surface area contributed by atoms with Crippen LogP contribution in [0.4, 0.5) is 0 Å². The molecule has 3 heteroatoms. The molecule has 1 aliphatic rings. The van der Waals surface area contributed by atoms with Crippen LogP contribution in [0, 0.1) is 0 Å². The molecule has 0 radical (unpaired) electrons. The minimum Gasteiger partial charge on any atom is -0.440 e. The molecule has 1 saturated carbocycles. The second-order valence-electron chi connectivity index (χ2n) is 4.81. The van der Waals surface area contributed by atoms with Crippen molar-refractivity contribution < 1.29 is 4.42 Å². The second-order valence-corrected chi connectivity index (χ2v) is 4.81. The van der Waals surface area contributed by atoms with E-state index in [1.54, 1.807) is 0 Å². The van der Waals surface area contributed by atoms with Crippen LogP contribution in [-0.2, 0) is 6.42 Å². The molecular formula is C13H16N2O. The van der Waals surface area contributed by atoms with Crippen LogP contribution >= 0.6 is 0 Å². The Bertz CT molecular complexity index is 512. The Morgan fingerprint density at radius 2 is 2.31 bits per heavy atom. The smallest absolute Gasteiger partial charge is 0.198 e. The van der Waals surface area contributed by atoms with E-state index in [4.69, 9.17) is 10.2 Å². The van der Waals surface area contributed by atoms with E-state index in [-0.39, 0.29) is 6.04 Å². The lowest BCUT2D eigenvalue weighted by Gasteiger charge is -2.03. The zero-order valence-corrected chi connectivity index (χ0v) is 9.44. The van der Waals surface area contributed by atoms with E-state index in [0.29, 0.717) is 5.92 Å². The van der Waals surface area contributed by atoms with Crippen molar-refractivity contribution in [2.24, 2.45) is 5.73 Å².